The van der Waals surface area contributed by atoms with E-state index in [9.17, 15) is 9.90 Å². The molecule has 5 atom stereocenters. The van der Waals surface area contributed by atoms with Crippen molar-refractivity contribution < 1.29 is 26.7 Å². The number of rotatable bonds is 9. The van der Waals surface area contributed by atoms with Gasteiger partial charge in [0.25, 0.3) is 0 Å². The number of hydrogen-bond donors (Lipinski definition) is 3. The van der Waals surface area contributed by atoms with Gasteiger partial charge in [0.1, 0.15) is 6.23 Å². The Morgan fingerprint density at radius 1 is 1.33 bits per heavy atom. The molecular formula is C19H35CoN2O2-. The van der Waals surface area contributed by atoms with E-state index in [1.807, 2.05) is 6.92 Å². The van der Waals surface area contributed by atoms with Gasteiger partial charge >= 0.3 is 0 Å². The zero-order valence-corrected chi connectivity index (χ0v) is 16.8. The maximum atomic E-state index is 12.5. The van der Waals surface area contributed by atoms with Gasteiger partial charge in [0, 0.05) is 34.7 Å². The quantitative estimate of drug-likeness (QED) is 0.538. The smallest absolute Gasteiger partial charge is 0.223 e. The predicted molar refractivity (Wildman–Crippen MR) is 94.5 cm³/mol. The first-order chi connectivity index (χ1) is 10.8. The summed E-state index contributed by atoms with van der Waals surface area (Å²) in [6, 6.07) is 0.0292. The Morgan fingerprint density at radius 3 is 2.38 bits per heavy atom. The second kappa shape index (κ2) is 11.3. The molecule has 4 nitrogen and oxygen atoms in total. The fourth-order valence-electron chi connectivity index (χ4n) is 3.18. The van der Waals surface area contributed by atoms with Gasteiger partial charge < -0.3 is 17.0 Å². The van der Waals surface area contributed by atoms with Crippen LogP contribution in [0.2, 0.25) is 0 Å². The number of aliphatic hydroxyl groups excluding tert-OH is 1. The van der Waals surface area contributed by atoms with Crippen LogP contribution in [0.25, 0.3) is 0 Å². The van der Waals surface area contributed by atoms with Gasteiger partial charge in [0.15, 0.2) is 0 Å². The summed E-state index contributed by atoms with van der Waals surface area (Å²) in [5, 5.41) is 16.3. The Labute approximate surface area is 158 Å². The second-order valence-electron chi connectivity index (χ2n) is 7.82. The second-order valence-corrected chi connectivity index (χ2v) is 7.82. The molecule has 1 unspecified atom stereocenters. The van der Waals surface area contributed by atoms with Crippen LogP contribution in [0.5, 0.6) is 0 Å². The molecule has 0 aromatic rings. The Bertz CT molecular complexity index is 388. The van der Waals surface area contributed by atoms with Crippen molar-refractivity contribution in [3.63, 3.8) is 0 Å². The van der Waals surface area contributed by atoms with Crippen molar-refractivity contribution in [2.24, 2.45) is 29.6 Å². The molecule has 1 fully saturated rings. The maximum Gasteiger partial charge on any atom is 0.223 e. The van der Waals surface area contributed by atoms with E-state index in [-0.39, 0.29) is 46.5 Å². The molecule has 0 aromatic heterocycles. The van der Waals surface area contributed by atoms with E-state index in [0.29, 0.717) is 11.8 Å². The van der Waals surface area contributed by atoms with Gasteiger partial charge in [-0.25, -0.2) is 0 Å². The molecule has 0 aromatic carbocycles. The van der Waals surface area contributed by atoms with Gasteiger partial charge in [-0.15, -0.1) is 0 Å². The van der Waals surface area contributed by atoms with E-state index >= 15 is 0 Å². The van der Waals surface area contributed by atoms with Crippen molar-refractivity contribution in [2.45, 2.75) is 66.2 Å². The van der Waals surface area contributed by atoms with Crippen molar-refractivity contribution in [3.05, 3.63) is 12.7 Å². The normalized spacial score (nSPS) is 24.3. The molecule has 1 aliphatic rings. The molecule has 0 spiro atoms. The Morgan fingerprint density at radius 2 is 1.96 bits per heavy atom. The molecular weight excluding hydrogens is 347 g/mol. The number of carbonyl (C=O) groups excluding carboxylic acids is 1. The fourth-order valence-corrected chi connectivity index (χ4v) is 3.18. The molecule has 5 heteroatoms. The Kier molecular flexibility index (Phi) is 11.1. The minimum Gasteiger partial charge on any atom is -0.518 e. The molecule has 1 aliphatic heterocycles. The summed E-state index contributed by atoms with van der Waals surface area (Å²) in [6.45, 7) is 17.2. The topological polar surface area (TPSA) is 61.4 Å². The molecule has 0 saturated carbocycles. The molecule has 0 bridgehead atoms. The molecule has 24 heavy (non-hydrogen) atoms. The third kappa shape index (κ3) is 7.26. The van der Waals surface area contributed by atoms with E-state index in [1.54, 1.807) is 6.08 Å². The van der Waals surface area contributed by atoms with Crippen molar-refractivity contribution in [2.75, 3.05) is 6.54 Å². The first-order valence-electron chi connectivity index (χ1n) is 9.03. The van der Waals surface area contributed by atoms with Crippen LogP contribution in [0.1, 0.15) is 53.9 Å². The van der Waals surface area contributed by atoms with Crippen LogP contribution in [0.3, 0.4) is 0 Å². The Hall–Kier alpha value is -0.364. The minimum absolute atomic E-state index is 0. The summed E-state index contributed by atoms with van der Waals surface area (Å²) in [5.41, 5.74) is 0. The van der Waals surface area contributed by atoms with Gasteiger partial charge in [-0.3, -0.25) is 16.2 Å². The van der Waals surface area contributed by atoms with Crippen molar-refractivity contribution >= 4 is 5.91 Å². The summed E-state index contributed by atoms with van der Waals surface area (Å²) in [4.78, 5) is 12.5. The summed E-state index contributed by atoms with van der Waals surface area (Å²) in [5.74, 6) is 1.16. The SMILES string of the molecule is [CH-]=C[C@H](C[C@@H]1CCNC1O)[C@H](CC(C)C)NC(=O)[C@@H](C)C(C)C.[Co]. The van der Waals surface area contributed by atoms with Crippen LogP contribution in [0.4, 0.5) is 0 Å². The van der Waals surface area contributed by atoms with E-state index in [0.717, 1.165) is 25.8 Å². The molecule has 0 aliphatic carbocycles. The summed E-state index contributed by atoms with van der Waals surface area (Å²) in [7, 11) is 0. The third-order valence-corrected chi connectivity index (χ3v) is 5.12. The van der Waals surface area contributed by atoms with Crippen molar-refractivity contribution in [3.8, 4) is 0 Å². The number of amides is 1. The van der Waals surface area contributed by atoms with E-state index in [2.05, 4.69) is 38.3 Å². The Balaban J connectivity index is 0.00000529. The molecule has 1 saturated heterocycles. The van der Waals surface area contributed by atoms with E-state index < -0.39 is 6.23 Å². The van der Waals surface area contributed by atoms with Gasteiger partial charge in [0.05, 0.1) is 0 Å². The van der Waals surface area contributed by atoms with Crippen molar-refractivity contribution in [1.82, 2.24) is 10.6 Å². The molecule has 143 valence electrons. The minimum atomic E-state index is -0.456. The molecule has 1 rings (SSSR count). The maximum absolute atomic E-state index is 12.5. The standard InChI is InChI=1S/C19H35N2O2.Co/c1-7-15(11-16-8-9-20-19(16)23)17(10-12(2)3)21-18(22)14(6)13(4)5;/h1,7,12-17,19-20,23H,8-11H2,2-6H3,(H,21,22);/q-1;/t14-,15+,16-,17-,19?;/m0./s1. The summed E-state index contributed by atoms with van der Waals surface area (Å²) >= 11 is 0. The number of aliphatic hydroxyl groups is 1. The van der Waals surface area contributed by atoms with Gasteiger partial charge in [-0.2, -0.15) is 0 Å². The fraction of sp³-hybridized carbons (Fsp3) is 0.842. The van der Waals surface area contributed by atoms with Crippen molar-refractivity contribution in [1.29, 1.82) is 0 Å². The van der Waals surface area contributed by atoms with Crippen LogP contribution >= 0.6 is 0 Å². The average Bonchev–Trinajstić information content (AvgIpc) is 2.87. The average molecular weight is 382 g/mol. The number of nitrogens with one attached hydrogen (secondary N) is 2. The molecule has 3 N–H and O–H groups in total. The molecule has 1 amide bonds. The first-order valence-corrected chi connectivity index (χ1v) is 9.03. The van der Waals surface area contributed by atoms with E-state index in [4.69, 9.17) is 6.58 Å². The van der Waals surface area contributed by atoms with Crippen LogP contribution in [0, 0.1) is 36.2 Å². The van der Waals surface area contributed by atoms with Gasteiger partial charge in [-0.1, -0.05) is 34.6 Å². The van der Waals surface area contributed by atoms with Crippen LogP contribution in [0.15, 0.2) is 6.08 Å². The first kappa shape index (κ1) is 23.6. The summed E-state index contributed by atoms with van der Waals surface area (Å²) in [6.07, 6.45) is 3.90. The zero-order chi connectivity index (χ0) is 17.6. The largest absolute Gasteiger partial charge is 0.518 e. The van der Waals surface area contributed by atoms with E-state index in [1.165, 1.54) is 0 Å². The van der Waals surface area contributed by atoms with Gasteiger partial charge in [-0.05, 0) is 43.6 Å². The van der Waals surface area contributed by atoms with Crippen LogP contribution in [-0.4, -0.2) is 29.8 Å². The zero-order valence-electron chi connectivity index (χ0n) is 15.7. The monoisotopic (exact) mass is 382 g/mol. The van der Waals surface area contributed by atoms with Crippen LogP contribution in [-0.2, 0) is 21.6 Å². The van der Waals surface area contributed by atoms with Gasteiger partial charge in [0.2, 0.25) is 5.91 Å². The molecule has 1 radical (unpaired) electrons. The van der Waals surface area contributed by atoms with Crippen LogP contribution < -0.4 is 10.6 Å². The number of hydrogen-bond acceptors (Lipinski definition) is 3. The molecule has 1 heterocycles. The third-order valence-electron chi connectivity index (χ3n) is 5.12. The number of carbonyl (C=O) groups is 1. The predicted octanol–water partition coefficient (Wildman–Crippen LogP) is 2.73. The summed E-state index contributed by atoms with van der Waals surface area (Å²) < 4.78 is 0.